The Morgan fingerprint density at radius 3 is 1.64 bits per heavy atom. The average molecular weight is 1220 g/mol. The molecule has 0 aliphatic carbocycles. The van der Waals surface area contributed by atoms with Gasteiger partial charge < -0.3 is 15.6 Å². The number of primary amides is 1. The number of carboxylic acid groups (broad SMARTS) is 1. The second-order valence-corrected chi connectivity index (χ2v) is 19.6. The number of Topliss-reactive ketones (excluding diaryl/α,β-unsaturated/α-hetero) is 3. The van der Waals surface area contributed by atoms with Crippen molar-refractivity contribution in [1.82, 2.24) is 24.5 Å². The average Bonchev–Trinajstić information content (AvgIpc) is 3.91. The Morgan fingerprint density at radius 2 is 1.21 bits per heavy atom. The second-order valence-electron chi connectivity index (χ2n) is 19.0. The number of amides is 1. The van der Waals surface area contributed by atoms with Crippen LogP contribution in [0.25, 0.3) is 11.1 Å². The van der Waals surface area contributed by atoms with E-state index < -0.39 is 102 Å². The minimum Gasteiger partial charge on any atom is -0.480 e. The summed E-state index contributed by atoms with van der Waals surface area (Å²) in [7, 11) is 0. The number of alkyl halides is 10. The zero-order valence-corrected chi connectivity index (χ0v) is 45.8. The van der Waals surface area contributed by atoms with Gasteiger partial charge in [0.05, 0.1) is 30.8 Å². The van der Waals surface area contributed by atoms with Crippen LogP contribution < -0.4 is 5.73 Å². The van der Waals surface area contributed by atoms with Gasteiger partial charge in [-0.3, -0.25) is 43.1 Å². The van der Waals surface area contributed by atoms with Crippen molar-refractivity contribution in [3.8, 4) is 11.1 Å². The molecule has 3 aromatic heterocycles. The molecule has 0 radical (unpaired) electrons. The third-order valence-electron chi connectivity index (χ3n) is 10.5. The monoisotopic (exact) mass is 1210 g/mol. The molecule has 0 saturated carbocycles. The van der Waals surface area contributed by atoms with E-state index >= 15 is 0 Å². The normalized spacial score (nSPS) is 11.9. The van der Waals surface area contributed by atoms with Gasteiger partial charge in [-0.25, -0.2) is 13.2 Å². The maximum atomic E-state index is 14.2. The number of carbonyl (C=O) groups is 6. The Kier molecular flexibility index (Phi) is 27.0. The number of carboxylic acids is 1. The number of carbonyl (C=O) groups excluding carboxylic acids is 5. The Hall–Kier alpha value is -6.93. The Bertz CT molecular complexity index is 2880. The summed E-state index contributed by atoms with van der Waals surface area (Å²) in [5.74, 6) is -8.77. The van der Waals surface area contributed by atoms with Gasteiger partial charge in [-0.15, -0.1) is 0 Å². The summed E-state index contributed by atoms with van der Waals surface area (Å²) in [5.41, 5.74) is 4.56. The lowest BCUT2D eigenvalue weighted by atomic mass is 9.86. The molecule has 14 nitrogen and oxygen atoms in total. The molecule has 3 N–H and O–H groups in total. The van der Waals surface area contributed by atoms with Gasteiger partial charge in [0.1, 0.15) is 35.1 Å². The van der Waals surface area contributed by atoms with E-state index in [1.165, 1.54) is 18.3 Å². The van der Waals surface area contributed by atoms with E-state index in [-0.39, 0.29) is 71.9 Å². The van der Waals surface area contributed by atoms with Gasteiger partial charge in [-0.2, -0.15) is 49.7 Å². The standard InChI is InChI=1S/C31H28F6N4O2.C10H13F3N2O2.C8H11F3O2.C4H7BrO2/c1-17(2)8-23-15-28(31(35,36)37)40-41(23)16-24(42)12-20(9-18-10-21(32)14-22(33)11-18)29-25(4-3-7-39-29)19-5-6-27(34)26(13-19)30(38)43;1-6(2)3-7-4-8(10(11,12)13)14-15(7)5-9(16)17;1-5(2)3-6(12)4-7(13)8(9,10)11;1-2-7-4(6)3-5/h3-7,10-11,13-15,17,20H,8-9,12,16H2,1-2H3,(H2,38,43);4,6H,3,5H2,1-2H3,(H,16,17);5H,3-4H2,1-2H3;2-3H2,1H3/t20-;;;/m1.../s1. The highest BCUT2D eigenvalue weighted by Crippen LogP contribution is 2.35. The number of aromatic nitrogens is 5. The van der Waals surface area contributed by atoms with Crippen LogP contribution in [0.4, 0.5) is 52.7 Å². The summed E-state index contributed by atoms with van der Waals surface area (Å²) in [6.07, 6.45) is -13.5. The number of esters is 1. The number of benzene rings is 2. The van der Waals surface area contributed by atoms with Gasteiger partial charge in [0, 0.05) is 48.0 Å². The van der Waals surface area contributed by atoms with Gasteiger partial charge in [-0.1, -0.05) is 69.6 Å². The van der Waals surface area contributed by atoms with Gasteiger partial charge >= 0.3 is 30.5 Å². The van der Waals surface area contributed by atoms with Gasteiger partial charge in [0.15, 0.2) is 17.2 Å². The van der Waals surface area contributed by atoms with Crippen LogP contribution in [-0.4, -0.2) is 83.0 Å². The molecule has 5 rings (SSSR count). The van der Waals surface area contributed by atoms with Crippen LogP contribution in [0.5, 0.6) is 0 Å². The lowest BCUT2D eigenvalue weighted by Gasteiger charge is -2.20. The number of ether oxygens (including phenoxy) is 1. The van der Waals surface area contributed by atoms with Crippen molar-refractivity contribution in [3.63, 3.8) is 0 Å². The molecule has 0 bridgehead atoms. The summed E-state index contributed by atoms with van der Waals surface area (Å²) in [5, 5.41) is 15.8. The molecule has 0 aliphatic rings. The fraction of sp³-hybridized carbons (Fsp3) is 0.453. The highest BCUT2D eigenvalue weighted by molar-refractivity contribution is 9.09. The number of halogens is 13. The molecule has 0 unspecified atom stereocenters. The van der Waals surface area contributed by atoms with Crippen molar-refractivity contribution < 1.29 is 91.3 Å². The Morgan fingerprint density at radius 1 is 0.688 bits per heavy atom. The zero-order valence-electron chi connectivity index (χ0n) is 44.3. The lowest BCUT2D eigenvalue weighted by molar-refractivity contribution is -0.171. The van der Waals surface area contributed by atoms with E-state index in [0.717, 1.165) is 39.7 Å². The number of aliphatic carboxylic acids is 1. The molecule has 0 fully saturated rings. The summed E-state index contributed by atoms with van der Waals surface area (Å²) < 4.78 is 161. The number of hydrogen-bond acceptors (Lipinski definition) is 10. The second kappa shape index (κ2) is 31.2. The molecular weight excluding hydrogens is 1160 g/mol. The lowest BCUT2D eigenvalue weighted by Crippen LogP contribution is -2.25. The number of hydrogen-bond donors (Lipinski definition) is 2. The maximum Gasteiger partial charge on any atom is 0.450 e. The largest absolute Gasteiger partial charge is 0.480 e. The first-order valence-corrected chi connectivity index (χ1v) is 25.4. The molecule has 3 heterocycles. The summed E-state index contributed by atoms with van der Waals surface area (Å²) in [4.78, 5) is 71.4. The van der Waals surface area contributed by atoms with Gasteiger partial charge in [0.2, 0.25) is 5.78 Å². The Balaban J connectivity index is 0.000000479. The molecule has 1 atom stereocenters. The number of rotatable bonds is 21. The molecule has 440 valence electrons. The van der Waals surface area contributed by atoms with E-state index in [1.54, 1.807) is 32.9 Å². The smallest absolute Gasteiger partial charge is 0.450 e. The SMILES string of the molecule is CC(C)CC(=O)CC(=O)C(F)(F)F.CC(C)Cc1cc(C(F)(F)F)nn1CC(=O)C[C@@H](Cc1cc(F)cc(F)c1)c1ncccc1-c1ccc(F)c(C(N)=O)c1.CC(C)Cc1cc(C(F)(F)F)nn1CC(=O)O.CCOC(=O)CBr. The predicted octanol–water partition coefficient (Wildman–Crippen LogP) is 11.9. The van der Waals surface area contributed by atoms with Crippen LogP contribution in [0.3, 0.4) is 0 Å². The van der Waals surface area contributed by atoms with Gasteiger partial charge in [-0.05, 0) is 97.5 Å². The van der Waals surface area contributed by atoms with Crippen molar-refractivity contribution >= 4 is 51.1 Å². The molecule has 27 heteroatoms. The zero-order chi connectivity index (χ0) is 61.0. The first kappa shape index (κ1) is 69.2. The number of nitrogens with two attached hydrogens (primary N) is 1. The fourth-order valence-corrected chi connectivity index (χ4v) is 7.58. The molecule has 0 spiro atoms. The third kappa shape index (κ3) is 24.2. The Labute approximate surface area is 460 Å². The molecule has 5 aromatic rings. The van der Waals surface area contributed by atoms with Crippen molar-refractivity contribution in [2.24, 2.45) is 23.5 Å². The highest BCUT2D eigenvalue weighted by Gasteiger charge is 2.39. The van der Waals surface area contributed by atoms with Crippen LogP contribution >= 0.6 is 15.9 Å². The number of pyridine rings is 1. The summed E-state index contributed by atoms with van der Waals surface area (Å²) >= 11 is 2.94. The van der Waals surface area contributed by atoms with E-state index in [9.17, 15) is 81.5 Å². The van der Waals surface area contributed by atoms with Crippen LogP contribution in [0, 0.1) is 35.2 Å². The summed E-state index contributed by atoms with van der Waals surface area (Å²) in [6, 6.07) is 11.6. The van der Waals surface area contributed by atoms with Crippen LogP contribution in [0.15, 0.2) is 66.9 Å². The first-order chi connectivity index (χ1) is 36.9. The van der Waals surface area contributed by atoms with Gasteiger partial charge in [0.25, 0.3) is 5.91 Å². The minimum absolute atomic E-state index is 0.0145. The predicted molar refractivity (Wildman–Crippen MR) is 270 cm³/mol. The van der Waals surface area contributed by atoms with E-state index in [0.29, 0.717) is 41.2 Å². The maximum absolute atomic E-state index is 14.2. The van der Waals surface area contributed by atoms with Crippen molar-refractivity contribution in [1.29, 1.82) is 0 Å². The first-order valence-electron chi connectivity index (χ1n) is 24.3. The summed E-state index contributed by atoms with van der Waals surface area (Å²) in [6.45, 7) is 11.9. The molecular formula is C53H59BrF12N6O8. The topological polar surface area (TPSA) is 206 Å². The molecule has 80 heavy (non-hydrogen) atoms. The van der Waals surface area contributed by atoms with Crippen molar-refractivity contribution in [2.45, 2.75) is 125 Å². The number of nitrogens with zero attached hydrogens (tertiary/aromatic N) is 5. The molecule has 1 amide bonds. The van der Waals surface area contributed by atoms with Crippen molar-refractivity contribution in [3.05, 3.63) is 124 Å². The van der Waals surface area contributed by atoms with E-state index in [2.05, 4.69) is 35.8 Å². The quantitative estimate of drug-likeness (QED) is 0.0306. The molecule has 2 aromatic carbocycles. The number of ketones is 3. The molecule has 0 saturated heterocycles. The van der Waals surface area contributed by atoms with Crippen molar-refractivity contribution in [2.75, 3.05) is 11.9 Å². The fourth-order valence-electron chi connectivity index (χ4n) is 7.42. The highest BCUT2D eigenvalue weighted by atomic mass is 79.9. The third-order valence-corrected chi connectivity index (χ3v) is 11.0. The van der Waals surface area contributed by atoms with Crippen LogP contribution in [0.1, 0.15) is 118 Å². The van der Waals surface area contributed by atoms with Crippen LogP contribution in [0.2, 0.25) is 0 Å². The van der Waals surface area contributed by atoms with E-state index in [4.69, 9.17) is 10.8 Å². The van der Waals surface area contributed by atoms with E-state index in [1.807, 2.05) is 27.7 Å². The molecule has 0 aliphatic heterocycles. The minimum atomic E-state index is -4.88. The van der Waals surface area contributed by atoms with Crippen LogP contribution in [-0.2, 0) is 73.4 Å².